The Morgan fingerprint density at radius 1 is 1.36 bits per heavy atom. The minimum Gasteiger partial charge on any atom is -0.323 e. The number of amides is 1. The highest BCUT2D eigenvalue weighted by Gasteiger charge is 2.19. The average Bonchev–Trinajstić information content (AvgIpc) is 2.87. The lowest BCUT2D eigenvalue weighted by Gasteiger charge is -2.06. The zero-order chi connectivity index (χ0) is 16.2. The molecule has 8 heteroatoms. The third-order valence-electron chi connectivity index (χ3n) is 2.77. The number of sulfone groups is 1. The molecule has 0 bridgehead atoms. The van der Waals surface area contributed by atoms with E-state index in [-0.39, 0.29) is 11.4 Å². The Morgan fingerprint density at radius 3 is 2.73 bits per heavy atom. The molecule has 5 nitrogen and oxygen atoms in total. The maximum atomic E-state index is 13.4. The van der Waals surface area contributed by atoms with Gasteiger partial charge in [-0.15, -0.1) is 11.3 Å². The number of nitrogens with zero attached hydrogens (tertiary/aromatic N) is 1. The van der Waals surface area contributed by atoms with Gasteiger partial charge < -0.3 is 5.32 Å². The molecule has 0 fully saturated rings. The predicted octanol–water partition coefficient (Wildman–Crippen LogP) is 2.40. The summed E-state index contributed by atoms with van der Waals surface area (Å²) in [6.45, 7) is 1.93. The predicted molar refractivity (Wildman–Crippen MR) is 84.0 cm³/mol. The minimum atomic E-state index is -3.65. The molecule has 0 radical (unpaired) electrons. The van der Waals surface area contributed by atoms with Crippen LogP contribution in [0.1, 0.15) is 17.6 Å². The summed E-state index contributed by atoms with van der Waals surface area (Å²) in [6, 6.07) is 5.59. The number of rotatable bonds is 6. The number of halogens is 1. The van der Waals surface area contributed by atoms with Crippen molar-refractivity contribution in [3.05, 3.63) is 46.2 Å². The van der Waals surface area contributed by atoms with Crippen LogP contribution in [0.15, 0.2) is 29.6 Å². The summed E-state index contributed by atoms with van der Waals surface area (Å²) in [5.74, 6) is -2.38. The Kier molecular flexibility index (Phi) is 5.25. The summed E-state index contributed by atoms with van der Waals surface area (Å²) in [7, 11) is -3.65. The van der Waals surface area contributed by atoms with Gasteiger partial charge in [0.05, 0.1) is 22.1 Å². The highest BCUT2D eigenvalue weighted by atomic mass is 32.2. The second kappa shape index (κ2) is 6.97. The zero-order valence-corrected chi connectivity index (χ0v) is 13.5. The van der Waals surface area contributed by atoms with E-state index in [9.17, 15) is 17.6 Å². The highest BCUT2D eigenvalue weighted by molar-refractivity contribution is 7.91. The average molecular weight is 342 g/mol. The third kappa shape index (κ3) is 4.60. The molecule has 1 aromatic heterocycles. The fourth-order valence-corrected chi connectivity index (χ4v) is 3.83. The Hall–Kier alpha value is -1.80. The summed E-state index contributed by atoms with van der Waals surface area (Å²) in [5.41, 5.74) is 0.394. The SMILES string of the molecule is CCc1nc(CS(=O)(=O)CC(=O)Nc2ccccc2F)cs1. The Labute approximate surface area is 132 Å². The molecular weight excluding hydrogens is 327 g/mol. The number of benzene rings is 1. The number of carbonyl (C=O) groups is 1. The molecule has 1 aromatic carbocycles. The Morgan fingerprint density at radius 2 is 2.09 bits per heavy atom. The summed E-state index contributed by atoms with van der Waals surface area (Å²) < 4.78 is 37.4. The largest absolute Gasteiger partial charge is 0.323 e. The number of para-hydroxylation sites is 1. The van der Waals surface area contributed by atoms with E-state index in [2.05, 4.69) is 10.3 Å². The maximum Gasteiger partial charge on any atom is 0.239 e. The van der Waals surface area contributed by atoms with Gasteiger partial charge in [0.1, 0.15) is 11.6 Å². The fourth-order valence-electron chi connectivity index (χ4n) is 1.80. The number of carbonyl (C=O) groups excluding carboxylic acids is 1. The van der Waals surface area contributed by atoms with Crippen LogP contribution in [-0.2, 0) is 26.8 Å². The molecule has 0 aliphatic rings. The van der Waals surface area contributed by atoms with E-state index in [1.165, 1.54) is 29.5 Å². The number of aryl methyl sites for hydroxylation is 1. The van der Waals surface area contributed by atoms with E-state index >= 15 is 0 Å². The molecule has 0 aliphatic heterocycles. The Balaban J connectivity index is 1.99. The first-order valence-electron chi connectivity index (χ1n) is 6.57. The second-order valence-corrected chi connectivity index (χ2v) is 7.65. The van der Waals surface area contributed by atoms with Gasteiger partial charge in [-0.25, -0.2) is 17.8 Å². The van der Waals surface area contributed by atoms with Crippen molar-refractivity contribution in [2.24, 2.45) is 0 Å². The lowest BCUT2D eigenvalue weighted by atomic mass is 10.3. The molecule has 0 aliphatic carbocycles. The summed E-state index contributed by atoms with van der Waals surface area (Å²) >= 11 is 1.39. The number of nitrogens with one attached hydrogen (secondary N) is 1. The molecule has 1 heterocycles. The normalized spacial score (nSPS) is 11.4. The molecule has 1 amide bonds. The van der Waals surface area contributed by atoms with Crippen molar-refractivity contribution < 1.29 is 17.6 Å². The molecule has 2 rings (SSSR count). The van der Waals surface area contributed by atoms with E-state index in [4.69, 9.17) is 0 Å². The van der Waals surface area contributed by atoms with Gasteiger partial charge in [0.25, 0.3) is 0 Å². The van der Waals surface area contributed by atoms with Gasteiger partial charge >= 0.3 is 0 Å². The molecule has 22 heavy (non-hydrogen) atoms. The summed E-state index contributed by atoms with van der Waals surface area (Å²) in [5, 5.41) is 4.78. The van der Waals surface area contributed by atoms with Gasteiger partial charge in [-0.3, -0.25) is 4.79 Å². The van der Waals surface area contributed by atoms with Gasteiger partial charge in [0, 0.05) is 5.38 Å². The van der Waals surface area contributed by atoms with Crippen LogP contribution in [-0.4, -0.2) is 25.1 Å². The van der Waals surface area contributed by atoms with Crippen molar-refractivity contribution in [1.82, 2.24) is 4.98 Å². The number of thiazole rings is 1. The van der Waals surface area contributed by atoms with E-state index in [0.29, 0.717) is 5.69 Å². The van der Waals surface area contributed by atoms with Crippen LogP contribution in [0.3, 0.4) is 0 Å². The Bertz CT molecular complexity index is 772. The highest BCUT2D eigenvalue weighted by Crippen LogP contribution is 2.15. The van der Waals surface area contributed by atoms with Crippen molar-refractivity contribution in [3.63, 3.8) is 0 Å². The quantitative estimate of drug-likeness (QED) is 0.874. The first-order valence-corrected chi connectivity index (χ1v) is 9.28. The van der Waals surface area contributed by atoms with Gasteiger partial charge in [-0.2, -0.15) is 0 Å². The van der Waals surface area contributed by atoms with Crippen molar-refractivity contribution >= 4 is 32.8 Å². The first-order chi connectivity index (χ1) is 10.4. The van der Waals surface area contributed by atoms with E-state index in [1.807, 2.05) is 6.92 Å². The molecule has 0 atom stereocenters. The standard InChI is InChI=1S/C14H15FN2O3S2/c1-2-14-16-10(7-21-14)8-22(19,20)9-13(18)17-12-6-4-3-5-11(12)15/h3-7H,2,8-9H2,1H3,(H,17,18). The third-order valence-corrected chi connectivity index (χ3v) is 5.25. The number of aromatic nitrogens is 1. The molecule has 1 N–H and O–H groups in total. The smallest absolute Gasteiger partial charge is 0.239 e. The van der Waals surface area contributed by atoms with Crippen molar-refractivity contribution in [1.29, 1.82) is 0 Å². The van der Waals surface area contributed by atoms with Gasteiger partial charge in [0.2, 0.25) is 5.91 Å². The monoisotopic (exact) mass is 342 g/mol. The molecule has 0 saturated heterocycles. The minimum absolute atomic E-state index is 0.0374. The fraction of sp³-hybridized carbons (Fsp3) is 0.286. The van der Waals surface area contributed by atoms with Crippen LogP contribution in [0.5, 0.6) is 0 Å². The van der Waals surface area contributed by atoms with E-state index in [0.717, 1.165) is 11.4 Å². The van der Waals surface area contributed by atoms with Crippen molar-refractivity contribution in [2.45, 2.75) is 19.1 Å². The summed E-state index contributed by atoms with van der Waals surface area (Å²) in [4.78, 5) is 15.9. The van der Waals surface area contributed by atoms with Crippen LogP contribution in [0, 0.1) is 5.82 Å². The molecule has 0 saturated carbocycles. The van der Waals surface area contributed by atoms with Crippen molar-refractivity contribution in [3.8, 4) is 0 Å². The van der Waals surface area contributed by atoms with Crippen LogP contribution >= 0.6 is 11.3 Å². The molecular formula is C14H15FN2O3S2. The number of anilines is 1. The first kappa shape index (κ1) is 16.6. The maximum absolute atomic E-state index is 13.4. The lowest BCUT2D eigenvalue weighted by molar-refractivity contribution is -0.113. The topological polar surface area (TPSA) is 76.1 Å². The van der Waals surface area contributed by atoms with Crippen LogP contribution in [0.4, 0.5) is 10.1 Å². The van der Waals surface area contributed by atoms with E-state index < -0.39 is 27.3 Å². The molecule has 2 aromatic rings. The number of hydrogen-bond acceptors (Lipinski definition) is 5. The van der Waals surface area contributed by atoms with Crippen LogP contribution < -0.4 is 5.32 Å². The van der Waals surface area contributed by atoms with Gasteiger partial charge in [-0.05, 0) is 18.6 Å². The summed E-state index contributed by atoms with van der Waals surface area (Å²) in [6.07, 6.45) is 0.735. The van der Waals surface area contributed by atoms with Crippen LogP contribution in [0.25, 0.3) is 0 Å². The van der Waals surface area contributed by atoms with Gasteiger partial charge in [-0.1, -0.05) is 19.1 Å². The van der Waals surface area contributed by atoms with Gasteiger partial charge in [0.15, 0.2) is 9.84 Å². The second-order valence-electron chi connectivity index (χ2n) is 4.65. The lowest BCUT2D eigenvalue weighted by Crippen LogP contribution is -2.24. The molecule has 0 spiro atoms. The molecule has 0 unspecified atom stereocenters. The van der Waals surface area contributed by atoms with Crippen LogP contribution in [0.2, 0.25) is 0 Å². The molecule has 118 valence electrons. The number of hydrogen-bond donors (Lipinski definition) is 1. The van der Waals surface area contributed by atoms with E-state index in [1.54, 1.807) is 11.4 Å². The zero-order valence-electron chi connectivity index (χ0n) is 11.9. The van der Waals surface area contributed by atoms with Crippen molar-refractivity contribution in [2.75, 3.05) is 11.1 Å².